The molecular weight excluding hydrogens is 958 g/mol. The van der Waals surface area contributed by atoms with Crippen LogP contribution in [-0.4, -0.2) is 36.5 Å². The molecule has 8 rings (SSSR count). The van der Waals surface area contributed by atoms with Crippen LogP contribution in [0.3, 0.4) is 0 Å². The van der Waals surface area contributed by atoms with E-state index < -0.39 is 60.2 Å². The first-order valence-electron chi connectivity index (χ1n) is 21.7. The summed E-state index contributed by atoms with van der Waals surface area (Å²) in [6, 6.07) is 31.0. The number of hydrogen-bond acceptors (Lipinski definition) is 7. The van der Waals surface area contributed by atoms with E-state index >= 15 is 0 Å². The number of nitriles is 2. The number of halogens is 7. The summed E-state index contributed by atoms with van der Waals surface area (Å²) in [6.07, 6.45) is -7.70. The third kappa shape index (κ3) is 10.6. The number of benzene rings is 6. The normalized spacial score (nSPS) is 15.3. The van der Waals surface area contributed by atoms with Gasteiger partial charge in [-0.05, 0) is 143 Å². The molecule has 0 radical (unpaired) electrons. The number of fused-ring (bicyclic) bond motifs is 2. The molecule has 0 saturated carbocycles. The lowest BCUT2D eigenvalue weighted by Gasteiger charge is -2.40. The average molecular weight is 1000 g/mol. The lowest BCUT2D eigenvalue weighted by atomic mass is 9.81. The molecular formula is C52H45F7N4O5S2. The average Bonchev–Trinajstić information content (AvgIpc) is 3.29. The van der Waals surface area contributed by atoms with Crippen LogP contribution in [0.2, 0.25) is 0 Å². The Hall–Kier alpha value is -6.89. The van der Waals surface area contributed by atoms with Gasteiger partial charge in [0, 0.05) is 19.2 Å². The predicted molar refractivity (Wildman–Crippen MR) is 251 cm³/mol. The Balaban J connectivity index is 0.000000207. The number of alkyl halides is 6. The second-order valence-corrected chi connectivity index (χ2v) is 22.2. The van der Waals surface area contributed by atoms with Crippen molar-refractivity contribution in [3.05, 3.63) is 161 Å². The van der Waals surface area contributed by atoms with Crippen molar-refractivity contribution in [2.75, 3.05) is 28.3 Å². The molecule has 0 aliphatic carbocycles. The molecule has 0 saturated heterocycles. The quantitative estimate of drug-likeness (QED) is 0.139. The Kier molecular flexibility index (Phi) is 13.7. The molecule has 6 aromatic carbocycles. The van der Waals surface area contributed by atoms with Crippen LogP contribution in [0.25, 0.3) is 22.3 Å². The number of anilines is 2. The molecule has 2 aliphatic heterocycles. The van der Waals surface area contributed by atoms with Gasteiger partial charge in [-0.15, -0.1) is 0 Å². The van der Waals surface area contributed by atoms with E-state index in [1.807, 2.05) is 39.8 Å². The number of ether oxygens (including phenoxy) is 1. The van der Waals surface area contributed by atoms with Crippen molar-refractivity contribution in [2.45, 2.75) is 69.6 Å². The summed E-state index contributed by atoms with van der Waals surface area (Å²) in [6.45, 7) is 10.2. The largest absolute Gasteiger partial charge is 0.492 e. The molecule has 2 aliphatic rings. The van der Waals surface area contributed by atoms with Gasteiger partial charge < -0.3 is 4.74 Å². The molecule has 0 unspecified atom stereocenters. The summed E-state index contributed by atoms with van der Waals surface area (Å²) < 4.78 is 154. The van der Waals surface area contributed by atoms with Gasteiger partial charge in [0.1, 0.15) is 23.7 Å². The molecule has 0 amide bonds. The van der Waals surface area contributed by atoms with E-state index in [1.165, 1.54) is 57.1 Å². The topological polar surface area (TPSA) is 132 Å². The molecule has 2 heterocycles. The van der Waals surface area contributed by atoms with Crippen molar-refractivity contribution in [3.8, 4) is 40.1 Å². The Bertz CT molecular complexity index is 3290. The van der Waals surface area contributed by atoms with Crippen molar-refractivity contribution in [2.24, 2.45) is 10.8 Å². The van der Waals surface area contributed by atoms with Crippen LogP contribution < -0.4 is 13.3 Å². The highest BCUT2D eigenvalue weighted by atomic mass is 32.2. The Labute approximate surface area is 402 Å². The fourth-order valence-corrected chi connectivity index (χ4v) is 12.0. The van der Waals surface area contributed by atoms with Crippen molar-refractivity contribution in [1.82, 2.24) is 0 Å². The van der Waals surface area contributed by atoms with E-state index in [-0.39, 0.29) is 46.4 Å². The SMILES string of the molecule is CC1(C)Cc2cc(-c3ccc(C(F)(F)F)cc3)ccc2N(S(=O)(=O)c2ccc(C#N)c(F)c2)C1.CCOc1cc(S(=O)(=O)N2CC(C)(C)Cc3cc(-c4ccc(C(F)(F)F)cc4)ccc32)ccc1C#N. The van der Waals surface area contributed by atoms with Crippen molar-refractivity contribution < 1.29 is 52.3 Å². The van der Waals surface area contributed by atoms with E-state index in [9.17, 15) is 52.8 Å². The van der Waals surface area contributed by atoms with E-state index in [1.54, 1.807) is 43.3 Å². The summed E-state index contributed by atoms with van der Waals surface area (Å²) in [5.74, 6) is -0.715. The maximum atomic E-state index is 14.2. The van der Waals surface area contributed by atoms with Crippen LogP contribution >= 0.6 is 0 Å². The highest BCUT2D eigenvalue weighted by molar-refractivity contribution is 7.93. The van der Waals surface area contributed by atoms with Gasteiger partial charge in [0.05, 0.1) is 50.0 Å². The monoisotopic (exact) mass is 1000 g/mol. The molecule has 0 bridgehead atoms. The molecule has 9 nitrogen and oxygen atoms in total. The first-order chi connectivity index (χ1) is 32.7. The summed E-state index contributed by atoms with van der Waals surface area (Å²) >= 11 is 0. The summed E-state index contributed by atoms with van der Waals surface area (Å²) in [7, 11) is -8.13. The Morgan fingerprint density at radius 3 is 1.31 bits per heavy atom. The standard InChI is InChI=1S/C27H25F3N2O3S.C25H20F4N2O2S/c1-4-35-25-14-23(11-7-20(25)16-31)36(33,34)32-17-26(2,3)15-21-13-19(8-12-24(21)32)18-5-9-22(10-6-18)27(28,29)30;1-24(2)13-19-11-17(16-3-7-20(8-4-16)25(27,28)29)6-10-23(19)31(15-24)34(32,33)21-9-5-18(14-30)22(26)12-21/h5-14H,4,15,17H2,1-3H3;3-12H,13,15H2,1-2H3. The summed E-state index contributed by atoms with van der Waals surface area (Å²) in [5.41, 5.74) is 2.66. The van der Waals surface area contributed by atoms with Crippen molar-refractivity contribution in [3.63, 3.8) is 0 Å². The van der Waals surface area contributed by atoms with E-state index in [2.05, 4.69) is 0 Å². The second kappa shape index (κ2) is 18.8. The van der Waals surface area contributed by atoms with Crippen LogP contribution in [0.1, 0.15) is 68.0 Å². The highest BCUT2D eigenvalue weighted by Gasteiger charge is 2.40. The molecule has 0 atom stereocenters. The van der Waals surface area contributed by atoms with Crippen LogP contribution in [0.4, 0.5) is 42.1 Å². The molecule has 6 aromatic rings. The van der Waals surface area contributed by atoms with Gasteiger partial charge >= 0.3 is 12.4 Å². The number of nitrogens with zero attached hydrogens (tertiary/aromatic N) is 4. The third-order valence-corrected chi connectivity index (χ3v) is 15.4. The van der Waals surface area contributed by atoms with E-state index in [0.29, 0.717) is 52.0 Å². The fraction of sp³-hybridized carbons (Fsp3) is 0.269. The minimum Gasteiger partial charge on any atom is -0.492 e. The van der Waals surface area contributed by atoms with Gasteiger partial charge in [0.2, 0.25) is 0 Å². The zero-order chi connectivity index (χ0) is 51.2. The van der Waals surface area contributed by atoms with Crippen molar-refractivity contribution >= 4 is 31.4 Å². The maximum Gasteiger partial charge on any atom is 0.416 e. The molecule has 364 valence electrons. The first-order valence-corrected chi connectivity index (χ1v) is 24.6. The molecule has 0 N–H and O–H groups in total. The zero-order valence-electron chi connectivity index (χ0n) is 38.4. The number of sulfonamides is 2. The van der Waals surface area contributed by atoms with Gasteiger partial charge in [-0.3, -0.25) is 8.61 Å². The maximum absolute atomic E-state index is 14.2. The minimum absolute atomic E-state index is 0.0143. The molecule has 70 heavy (non-hydrogen) atoms. The van der Waals surface area contributed by atoms with Crippen molar-refractivity contribution in [1.29, 1.82) is 10.5 Å². The van der Waals surface area contributed by atoms with Crippen LogP contribution in [0.15, 0.2) is 131 Å². The van der Waals surface area contributed by atoms with Gasteiger partial charge in [-0.2, -0.15) is 36.9 Å². The summed E-state index contributed by atoms with van der Waals surface area (Å²) in [5, 5.41) is 18.2. The van der Waals surface area contributed by atoms with Crippen LogP contribution in [-0.2, 0) is 45.2 Å². The van der Waals surface area contributed by atoms with Gasteiger partial charge in [-0.1, -0.05) is 64.1 Å². The van der Waals surface area contributed by atoms with E-state index in [4.69, 9.17) is 10.00 Å². The molecule has 0 aromatic heterocycles. The lowest BCUT2D eigenvalue weighted by molar-refractivity contribution is -0.138. The second-order valence-electron chi connectivity index (χ2n) is 18.5. The van der Waals surface area contributed by atoms with Gasteiger partial charge in [0.15, 0.2) is 0 Å². The predicted octanol–water partition coefficient (Wildman–Crippen LogP) is 12.6. The lowest BCUT2D eigenvalue weighted by Crippen LogP contribution is -2.44. The highest BCUT2D eigenvalue weighted by Crippen LogP contribution is 2.44. The minimum atomic E-state index is -4.43. The zero-order valence-corrected chi connectivity index (χ0v) is 40.0. The van der Waals surface area contributed by atoms with Gasteiger partial charge in [0.25, 0.3) is 20.0 Å². The number of rotatable bonds is 8. The Morgan fingerprint density at radius 1 is 0.557 bits per heavy atom. The first kappa shape index (κ1) is 51.0. The smallest absolute Gasteiger partial charge is 0.416 e. The molecule has 0 fully saturated rings. The molecule has 0 spiro atoms. The van der Waals surface area contributed by atoms with Crippen LogP contribution in [0.5, 0.6) is 5.75 Å². The van der Waals surface area contributed by atoms with E-state index in [0.717, 1.165) is 42.0 Å². The number of hydrogen-bond donors (Lipinski definition) is 0. The van der Waals surface area contributed by atoms with Crippen LogP contribution in [0, 0.1) is 39.3 Å². The molecule has 18 heteroatoms. The summed E-state index contributed by atoms with van der Waals surface area (Å²) in [4.78, 5) is -0.250. The Morgan fingerprint density at radius 2 is 0.943 bits per heavy atom. The van der Waals surface area contributed by atoms with Gasteiger partial charge in [-0.25, -0.2) is 21.2 Å². The fourth-order valence-electron chi connectivity index (χ4n) is 8.55. The third-order valence-electron chi connectivity index (χ3n) is 11.9.